The van der Waals surface area contributed by atoms with Crippen molar-refractivity contribution in [3.05, 3.63) is 39.7 Å². The number of hydrogen-bond donors (Lipinski definition) is 1. The molecule has 0 radical (unpaired) electrons. The monoisotopic (exact) mass is 298 g/mol. The van der Waals surface area contributed by atoms with E-state index in [4.69, 9.17) is 4.74 Å². The van der Waals surface area contributed by atoms with Crippen LogP contribution >= 0.6 is 0 Å². The van der Waals surface area contributed by atoms with Crippen LogP contribution in [0.25, 0.3) is 0 Å². The predicted octanol–water partition coefficient (Wildman–Crippen LogP) is 1.81. The van der Waals surface area contributed by atoms with Crippen LogP contribution in [0, 0.1) is 15.9 Å². The fourth-order valence-corrected chi connectivity index (χ4v) is 1.61. The van der Waals surface area contributed by atoms with Gasteiger partial charge < -0.3 is 10.1 Å². The molecule has 0 aliphatic rings. The van der Waals surface area contributed by atoms with Gasteiger partial charge in [-0.1, -0.05) is 0 Å². The molecule has 1 amide bonds. The van der Waals surface area contributed by atoms with Gasteiger partial charge in [-0.25, -0.2) is 4.39 Å². The summed E-state index contributed by atoms with van der Waals surface area (Å²) in [5.74, 6) is -1.88. The van der Waals surface area contributed by atoms with E-state index in [0.29, 0.717) is 6.42 Å². The van der Waals surface area contributed by atoms with E-state index in [1.165, 1.54) is 0 Å². The van der Waals surface area contributed by atoms with E-state index in [2.05, 4.69) is 5.32 Å². The van der Waals surface area contributed by atoms with Crippen molar-refractivity contribution >= 4 is 17.6 Å². The fourth-order valence-electron chi connectivity index (χ4n) is 1.61. The molecular formula is C13H15FN2O5. The molecule has 21 heavy (non-hydrogen) atoms. The van der Waals surface area contributed by atoms with Crippen LogP contribution < -0.4 is 5.32 Å². The predicted molar refractivity (Wildman–Crippen MR) is 71.3 cm³/mol. The van der Waals surface area contributed by atoms with Gasteiger partial charge in [-0.05, 0) is 25.5 Å². The molecule has 0 saturated heterocycles. The van der Waals surface area contributed by atoms with Crippen molar-refractivity contribution < 1.29 is 23.6 Å². The maximum absolute atomic E-state index is 13.1. The SMILES string of the molecule is CCOC(=O)CCCNC(=O)c1cc(F)ccc1[N+](=O)[O-]. The van der Waals surface area contributed by atoms with E-state index in [9.17, 15) is 24.1 Å². The van der Waals surface area contributed by atoms with Crippen LogP contribution in [0.4, 0.5) is 10.1 Å². The van der Waals surface area contributed by atoms with E-state index in [1.807, 2.05) is 0 Å². The molecule has 1 aromatic carbocycles. The summed E-state index contributed by atoms with van der Waals surface area (Å²) in [4.78, 5) is 32.9. The summed E-state index contributed by atoms with van der Waals surface area (Å²) in [7, 11) is 0. The third-order valence-corrected chi connectivity index (χ3v) is 2.55. The summed E-state index contributed by atoms with van der Waals surface area (Å²) in [6, 6.07) is 2.65. The van der Waals surface area contributed by atoms with Crippen LogP contribution in [-0.2, 0) is 9.53 Å². The third-order valence-electron chi connectivity index (χ3n) is 2.55. The summed E-state index contributed by atoms with van der Waals surface area (Å²) in [5, 5.41) is 13.2. The van der Waals surface area contributed by atoms with Gasteiger partial charge in [0.15, 0.2) is 0 Å². The Morgan fingerprint density at radius 2 is 2.14 bits per heavy atom. The molecule has 0 saturated carbocycles. The maximum Gasteiger partial charge on any atom is 0.305 e. The van der Waals surface area contributed by atoms with Crippen molar-refractivity contribution in [1.29, 1.82) is 0 Å². The van der Waals surface area contributed by atoms with Gasteiger partial charge in [-0.3, -0.25) is 19.7 Å². The van der Waals surface area contributed by atoms with Crippen LogP contribution in [0.15, 0.2) is 18.2 Å². The Bertz CT molecular complexity index is 547. The summed E-state index contributed by atoms with van der Waals surface area (Å²) >= 11 is 0. The lowest BCUT2D eigenvalue weighted by molar-refractivity contribution is -0.385. The Morgan fingerprint density at radius 3 is 2.76 bits per heavy atom. The number of hydrogen-bond acceptors (Lipinski definition) is 5. The number of carbonyl (C=O) groups excluding carboxylic acids is 2. The highest BCUT2D eigenvalue weighted by molar-refractivity contribution is 5.98. The second-order valence-electron chi connectivity index (χ2n) is 4.08. The highest BCUT2D eigenvalue weighted by atomic mass is 19.1. The molecular weight excluding hydrogens is 283 g/mol. The lowest BCUT2D eigenvalue weighted by atomic mass is 10.1. The van der Waals surface area contributed by atoms with Gasteiger partial charge >= 0.3 is 5.97 Å². The molecule has 0 unspecified atom stereocenters. The van der Waals surface area contributed by atoms with Gasteiger partial charge in [0.25, 0.3) is 11.6 Å². The number of nitro groups is 1. The molecule has 0 bridgehead atoms. The molecule has 0 atom stereocenters. The Morgan fingerprint density at radius 1 is 1.43 bits per heavy atom. The molecule has 1 N–H and O–H groups in total. The Balaban J connectivity index is 2.58. The maximum atomic E-state index is 13.1. The number of nitro benzene ring substituents is 1. The molecule has 7 nitrogen and oxygen atoms in total. The zero-order valence-electron chi connectivity index (χ0n) is 11.4. The Hall–Kier alpha value is -2.51. The largest absolute Gasteiger partial charge is 0.466 e. The van der Waals surface area contributed by atoms with Gasteiger partial charge in [-0.2, -0.15) is 0 Å². The van der Waals surface area contributed by atoms with Gasteiger partial charge in [-0.15, -0.1) is 0 Å². The summed E-state index contributed by atoms with van der Waals surface area (Å²) in [5.41, 5.74) is -0.824. The van der Waals surface area contributed by atoms with Gasteiger partial charge in [0.05, 0.1) is 11.5 Å². The second-order valence-corrected chi connectivity index (χ2v) is 4.08. The lowest BCUT2D eigenvalue weighted by Gasteiger charge is -2.06. The molecule has 1 aromatic rings. The highest BCUT2D eigenvalue weighted by Crippen LogP contribution is 2.19. The number of amides is 1. The minimum Gasteiger partial charge on any atom is -0.466 e. The van der Waals surface area contributed by atoms with Gasteiger partial charge in [0.2, 0.25) is 0 Å². The first-order valence-electron chi connectivity index (χ1n) is 6.33. The van der Waals surface area contributed by atoms with Crippen molar-refractivity contribution in [3.8, 4) is 0 Å². The number of ether oxygens (including phenoxy) is 1. The number of nitrogens with zero attached hydrogens (tertiary/aromatic N) is 1. The van der Waals surface area contributed by atoms with Crippen LogP contribution in [-0.4, -0.2) is 30.0 Å². The van der Waals surface area contributed by atoms with Crippen molar-refractivity contribution in [1.82, 2.24) is 5.32 Å². The number of carbonyl (C=O) groups is 2. The highest BCUT2D eigenvalue weighted by Gasteiger charge is 2.20. The van der Waals surface area contributed by atoms with E-state index in [-0.39, 0.29) is 31.1 Å². The number of halogens is 1. The van der Waals surface area contributed by atoms with Crippen molar-refractivity contribution in [2.45, 2.75) is 19.8 Å². The average molecular weight is 298 g/mol. The Labute approximate surface area is 120 Å². The van der Waals surface area contributed by atoms with Gasteiger partial charge in [0, 0.05) is 19.0 Å². The number of nitrogens with one attached hydrogen (secondary N) is 1. The first-order valence-corrected chi connectivity index (χ1v) is 6.33. The molecule has 0 heterocycles. The normalized spacial score (nSPS) is 10.0. The standard InChI is InChI=1S/C13H15FN2O5/c1-2-21-12(17)4-3-7-15-13(18)10-8-9(14)5-6-11(10)16(19)20/h5-6,8H,2-4,7H2,1H3,(H,15,18). The zero-order chi connectivity index (χ0) is 15.8. The zero-order valence-corrected chi connectivity index (χ0v) is 11.4. The Kier molecular flexibility index (Phi) is 6.25. The number of esters is 1. The quantitative estimate of drug-likeness (QED) is 0.358. The second kappa shape index (κ2) is 7.93. The van der Waals surface area contributed by atoms with E-state index < -0.39 is 22.3 Å². The molecule has 0 fully saturated rings. The molecule has 1 rings (SSSR count). The van der Waals surface area contributed by atoms with E-state index in [1.54, 1.807) is 6.92 Å². The van der Waals surface area contributed by atoms with Crippen molar-refractivity contribution in [3.63, 3.8) is 0 Å². The van der Waals surface area contributed by atoms with Crippen molar-refractivity contribution in [2.75, 3.05) is 13.2 Å². The number of benzene rings is 1. The smallest absolute Gasteiger partial charge is 0.305 e. The molecule has 0 aliphatic carbocycles. The first-order chi connectivity index (χ1) is 9.95. The lowest BCUT2D eigenvalue weighted by Crippen LogP contribution is -2.26. The molecule has 0 aliphatic heterocycles. The third kappa shape index (κ3) is 5.17. The van der Waals surface area contributed by atoms with Crippen LogP contribution in [0.2, 0.25) is 0 Å². The first kappa shape index (κ1) is 16.5. The van der Waals surface area contributed by atoms with Crippen LogP contribution in [0.5, 0.6) is 0 Å². The molecule has 0 spiro atoms. The summed E-state index contributed by atoms with van der Waals surface area (Å²) in [6.07, 6.45) is 0.451. The average Bonchev–Trinajstić information content (AvgIpc) is 2.43. The van der Waals surface area contributed by atoms with Crippen LogP contribution in [0.3, 0.4) is 0 Å². The fraction of sp³-hybridized carbons (Fsp3) is 0.385. The van der Waals surface area contributed by atoms with E-state index in [0.717, 1.165) is 18.2 Å². The molecule has 0 aromatic heterocycles. The number of rotatable bonds is 7. The van der Waals surface area contributed by atoms with Gasteiger partial charge in [0.1, 0.15) is 11.4 Å². The van der Waals surface area contributed by atoms with E-state index >= 15 is 0 Å². The molecule has 114 valence electrons. The minimum atomic E-state index is -0.759. The molecule has 8 heteroatoms. The topological polar surface area (TPSA) is 98.5 Å². The van der Waals surface area contributed by atoms with Crippen molar-refractivity contribution in [2.24, 2.45) is 0 Å². The minimum absolute atomic E-state index is 0.124. The summed E-state index contributed by atoms with van der Waals surface area (Å²) in [6.45, 7) is 2.09. The van der Waals surface area contributed by atoms with Crippen LogP contribution in [0.1, 0.15) is 30.1 Å². The summed E-state index contributed by atoms with van der Waals surface area (Å²) < 4.78 is 17.8.